The van der Waals surface area contributed by atoms with Crippen molar-refractivity contribution in [1.29, 1.82) is 0 Å². The van der Waals surface area contributed by atoms with Gasteiger partial charge in [0.05, 0.1) is 11.4 Å². The summed E-state index contributed by atoms with van der Waals surface area (Å²) in [5.74, 6) is 0. The molecule has 0 amide bonds. The van der Waals surface area contributed by atoms with Crippen LogP contribution in [0.3, 0.4) is 0 Å². The van der Waals surface area contributed by atoms with E-state index >= 15 is 0 Å². The van der Waals surface area contributed by atoms with Crippen molar-refractivity contribution >= 4 is 0 Å². The third-order valence-corrected chi connectivity index (χ3v) is 3.81. The maximum absolute atomic E-state index is 4.78. The van der Waals surface area contributed by atoms with E-state index in [0.717, 1.165) is 18.8 Å². The maximum Gasteiger partial charge on any atom is 0.0547 e. The van der Waals surface area contributed by atoms with Crippen molar-refractivity contribution in [3.8, 4) is 0 Å². The highest BCUT2D eigenvalue weighted by molar-refractivity contribution is 5.11. The summed E-state index contributed by atoms with van der Waals surface area (Å²) in [6.07, 6.45) is 1.29. The van der Waals surface area contributed by atoms with Crippen LogP contribution in [0.5, 0.6) is 0 Å². The predicted molar refractivity (Wildman–Crippen MR) is 84.5 cm³/mol. The molecule has 0 saturated carbocycles. The molecule has 1 fully saturated rings. The summed E-state index contributed by atoms with van der Waals surface area (Å²) in [4.78, 5) is 7.30. The Morgan fingerprint density at radius 2 is 1.95 bits per heavy atom. The molecular formula is C17H29N3. The number of likely N-dealkylation sites (tertiary alicyclic amines) is 1. The van der Waals surface area contributed by atoms with Gasteiger partial charge in [0.15, 0.2) is 0 Å². The minimum Gasteiger partial charge on any atom is -0.306 e. The standard InChI is InChI=1S/C17H29N3/c1-16(2,3)18-11-14-7-6-8-15(19-14)12-20-10-9-17(4,5)13-20/h6-8,18H,9-13H2,1-5H3. The lowest BCUT2D eigenvalue weighted by molar-refractivity contribution is 0.281. The molecule has 2 rings (SSSR count). The van der Waals surface area contributed by atoms with Crippen LogP contribution >= 0.6 is 0 Å². The first-order valence-electron chi connectivity index (χ1n) is 7.66. The lowest BCUT2D eigenvalue weighted by Gasteiger charge is -2.21. The van der Waals surface area contributed by atoms with Gasteiger partial charge in [-0.1, -0.05) is 19.9 Å². The molecule has 2 heterocycles. The summed E-state index contributed by atoms with van der Waals surface area (Å²) in [5, 5.41) is 3.50. The molecule has 0 radical (unpaired) electrons. The van der Waals surface area contributed by atoms with Crippen molar-refractivity contribution in [2.75, 3.05) is 13.1 Å². The quantitative estimate of drug-likeness (QED) is 0.914. The van der Waals surface area contributed by atoms with Gasteiger partial charge in [-0.3, -0.25) is 9.88 Å². The Hall–Kier alpha value is -0.930. The number of hydrogen-bond donors (Lipinski definition) is 1. The van der Waals surface area contributed by atoms with Crippen molar-refractivity contribution in [3.63, 3.8) is 0 Å². The number of rotatable bonds is 4. The van der Waals surface area contributed by atoms with E-state index in [1.165, 1.54) is 25.2 Å². The first kappa shape index (κ1) is 15.5. The maximum atomic E-state index is 4.78. The fourth-order valence-corrected chi connectivity index (χ4v) is 2.66. The van der Waals surface area contributed by atoms with Crippen molar-refractivity contribution < 1.29 is 0 Å². The SMILES string of the molecule is CC1(C)CCN(Cc2cccc(CNC(C)(C)C)n2)C1. The normalized spacial score (nSPS) is 19.4. The highest BCUT2D eigenvalue weighted by Crippen LogP contribution is 2.29. The van der Waals surface area contributed by atoms with Crippen molar-refractivity contribution in [3.05, 3.63) is 29.6 Å². The number of nitrogens with one attached hydrogen (secondary N) is 1. The van der Waals surface area contributed by atoms with Crippen molar-refractivity contribution in [1.82, 2.24) is 15.2 Å². The molecule has 3 nitrogen and oxygen atoms in total. The zero-order valence-electron chi connectivity index (χ0n) is 13.7. The lowest BCUT2D eigenvalue weighted by Crippen LogP contribution is -2.35. The largest absolute Gasteiger partial charge is 0.306 e. The summed E-state index contributed by atoms with van der Waals surface area (Å²) in [6, 6.07) is 6.38. The minimum atomic E-state index is 0.136. The smallest absolute Gasteiger partial charge is 0.0547 e. The number of hydrogen-bond acceptors (Lipinski definition) is 3. The van der Waals surface area contributed by atoms with Crippen LogP contribution < -0.4 is 5.32 Å². The number of nitrogens with zero attached hydrogens (tertiary/aromatic N) is 2. The van der Waals surface area contributed by atoms with Crippen LogP contribution in [-0.4, -0.2) is 28.5 Å². The van der Waals surface area contributed by atoms with Gasteiger partial charge in [-0.25, -0.2) is 0 Å². The van der Waals surface area contributed by atoms with E-state index in [1.807, 2.05) is 0 Å². The predicted octanol–water partition coefficient (Wildman–Crippen LogP) is 3.20. The zero-order chi connectivity index (χ0) is 14.8. The third-order valence-electron chi connectivity index (χ3n) is 3.81. The highest BCUT2D eigenvalue weighted by Gasteiger charge is 2.29. The molecule has 1 aromatic rings. The number of aromatic nitrogens is 1. The van der Waals surface area contributed by atoms with Gasteiger partial charge in [0.1, 0.15) is 0 Å². The van der Waals surface area contributed by atoms with Gasteiger partial charge >= 0.3 is 0 Å². The van der Waals surface area contributed by atoms with Crippen LogP contribution in [0.25, 0.3) is 0 Å². The monoisotopic (exact) mass is 275 g/mol. The first-order chi connectivity index (χ1) is 9.23. The van der Waals surface area contributed by atoms with Crippen LogP contribution in [0.2, 0.25) is 0 Å². The molecule has 3 heteroatoms. The molecule has 0 bridgehead atoms. The summed E-state index contributed by atoms with van der Waals surface area (Å²) >= 11 is 0. The molecule has 1 N–H and O–H groups in total. The molecule has 1 saturated heterocycles. The molecular weight excluding hydrogens is 246 g/mol. The Labute approximate surface area is 123 Å². The molecule has 1 aliphatic rings. The van der Waals surface area contributed by atoms with E-state index in [1.54, 1.807) is 0 Å². The van der Waals surface area contributed by atoms with Crippen molar-refractivity contribution in [2.45, 2.75) is 59.7 Å². The Morgan fingerprint density at radius 1 is 1.25 bits per heavy atom. The van der Waals surface area contributed by atoms with E-state index in [-0.39, 0.29) is 5.54 Å². The Morgan fingerprint density at radius 3 is 2.55 bits per heavy atom. The van der Waals surface area contributed by atoms with Gasteiger partial charge in [0, 0.05) is 25.2 Å². The summed E-state index contributed by atoms with van der Waals surface area (Å²) in [6.45, 7) is 15.4. The fraction of sp³-hybridized carbons (Fsp3) is 0.706. The van der Waals surface area contributed by atoms with E-state index in [9.17, 15) is 0 Å². The van der Waals surface area contributed by atoms with Crippen LogP contribution in [0.15, 0.2) is 18.2 Å². The molecule has 0 aromatic carbocycles. The minimum absolute atomic E-state index is 0.136. The molecule has 20 heavy (non-hydrogen) atoms. The highest BCUT2D eigenvalue weighted by atomic mass is 15.2. The Balaban J connectivity index is 1.93. The van der Waals surface area contributed by atoms with Gasteiger partial charge in [0.2, 0.25) is 0 Å². The van der Waals surface area contributed by atoms with Gasteiger partial charge in [0.25, 0.3) is 0 Å². The molecule has 1 aliphatic heterocycles. The molecule has 0 atom stereocenters. The van der Waals surface area contributed by atoms with E-state index in [4.69, 9.17) is 4.98 Å². The van der Waals surface area contributed by atoms with Crippen LogP contribution in [0.4, 0.5) is 0 Å². The van der Waals surface area contributed by atoms with Crippen LogP contribution in [0, 0.1) is 5.41 Å². The first-order valence-corrected chi connectivity index (χ1v) is 7.66. The lowest BCUT2D eigenvalue weighted by atomic mass is 9.93. The summed E-state index contributed by atoms with van der Waals surface area (Å²) in [7, 11) is 0. The van der Waals surface area contributed by atoms with Gasteiger partial charge in [-0.15, -0.1) is 0 Å². The summed E-state index contributed by atoms with van der Waals surface area (Å²) in [5.41, 5.74) is 2.93. The Kier molecular flexibility index (Phi) is 4.50. The third kappa shape index (κ3) is 4.88. The molecule has 1 aromatic heterocycles. The van der Waals surface area contributed by atoms with E-state index < -0.39 is 0 Å². The topological polar surface area (TPSA) is 28.2 Å². The Bertz CT molecular complexity index is 446. The van der Waals surface area contributed by atoms with E-state index in [0.29, 0.717) is 5.41 Å². The second-order valence-electron chi connectivity index (χ2n) is 7.85. The van der Waals surface area contributed by atoms with Crippen LogP contribution in [-0.2, 0) is 13.1 Å². The van der Waals surface area contributed by atoms with E-state index in [2.05, 4.69) is 63.0 Å². The molecule has 0 unspecified atom stereocenters. The summed E-state index contributed by atoms with van der Waals surface area (Å²) < 4.78 is 0. The average Bonchev–Trinajstić information content (AvgIpc) is 2.66. The van der Waals surface area contributed by atoms with Gasteiger partial charge < -0.3 is 5.32 Å². The molecule has 0 aliphatic carbocycles. The van der Waals surface area contributed by atoms with Crippen LogP contribution in [0.1, 0.15) is 52.4 Å². The second-order valence-corrected chi connectivity index (χ2v) is 7.85. The molecule has 112 valence electrons. The van der Waals surface area contributed by atoms with Gasteiger partial charge in [-0.2, -0.15) is 0 Å². The van der Waals surface area contributed by atoms with Crippen molar-refractivity contribution in [2.24, 2.45) is 5.41 Å². The zero-order valence-corrected chi connectivity index (χ0v) is 13.7. The van der Waals surface area contributed by atoms with Gasteiger partial charge in [-0.05, 0) is 51.3 Å². The second kappa shape index (κ2) is 5.82. The average molecular weight is 275 g/mol. The molecule has 0 spiro atoms. The number of pyridine rings is 1. The fourth-order valence-electron chi connectivity index (χ4n) is 2.66.